The molecule has 0 bridgehead atoms. The van der Waals surface area contributed by atoms with Crippen molar-refractivity contribution in [3.8, 4) is 5.75 Å². The summed E-state index contributed by atoms with van der Waals surface area (Å²) in [5.41, 5.74) is 3.26. The van der Waals surface area contributed by atoms with E-state index in [1.165, 1.54) is 56.9 Å². The van der Waals surface area contributed by atoms with E-state index in [2.05, 4.69) is 25.1 Å². The predicted octanol–water partition coefficient (Wildman–Crippen LogP) is 6.55. The van der Waals surface area contributed by atoms with Crippen molar-refractivity contribution >= 4 is 0 Å². The number of rotatable bonds is 6. The van der Waals surface area contributed by atoms with Crippen molar-refractivity contribution in [1.29, 1.82) is 0 Å². The molecule has 5 heteroatoms. The molecule has 2 aliphatic heterocycles. The molecule has 1 aromatic rings. The molecule has 194 valence electrons. The van der Waals surface area contributed by atoms with Gasteiger partial charge in [0.25, 0.3) is 0 Å². The third kappa shape index (κ3) is 4.67. The zero-order valence-corrected chi connectivity index (χ0v) is 21.7. The molecule has 3 aliphatic carbocycles. The molecular formula is C30H44O5. The van der Waals surface area contributed by atoms with E-state index in [0.717, 1.165) is 44.8 Å². The quantitative estimate of drug-likeness (QED) is 0.458. The molecular weight excluding hydrogens is 440 g/mol. The molecule has 0 radical (unpaired) electrons. The summed E-state index contributed by atoms with van der Waals surface area (Å²) in [5, 5.41) is 0. The SMILES string of the molecule is COC[C@H]1CC2C(CC[C@]3(C)C(OC4CCCCO4)CCC23)c2ccc(OC3CCCCO3)cc21. The number of benzene rings is 1. The number of fused-ring (bicyclic) bond motifs is 5. The summed E-state index contributed by atoms with van der Waals surface area (Å²) in [4.78, 5) is 0. The minimum absolute atomic E-state index is 0.0157. The van der Waals surface area contributed by atoms with Crippen LogP contribution >= 0.6 is 0 Å². The van der Waals surface area contributed by atoms with E-state index in [0.29, 0.717) is 29.8 Å². The van der Waals surface area contributed by atoms with Crippen LogP contribution in [0.2, 0.25) is 0 Å². The Morgan fingerprint density at radius 3 is 2.46 bits per heavy atom. The van der Waals surface area contributed by atoms with Gasteiger partial charge in [0.05, 0.1) is 19.3 Å². The molecule has 5 aliphatic rings. The molecule has 6 rings (SSSR count). The van der Waals surface area contributed by atoms with E-state index in [9.17, 15) is 0 Å². The van der Waals surface area contributed by atoms with Crippen LogP contribution in [-0.4, -0.2) is 45.6 Å². The van der Waals surface area contributed by atoms with Crippen molar-refractivity contribution in [3.05, 3.63) is 29.3 Å². The fourth-order valence-corrected chi connectivity index (χ4v) is 8.27. The third-order valence-electron chi connectivity index (χ3n) is 10.0. The van der Waals surface area contributed by atoms with Crippen LogP contribution in [0, 0.1) is 17.3 Å². The molecule has 8 atom stereocenters. The van der Waals surface area contributed by atoms with Gasteiger partial charge >= 0.3 is 0 Å². The van der Waals surface area contributed by atoms with E-state index in [4.69, 9.17) is 23.7 Å². The van der Waals surface area contributed by atoms with Gasteiger partial charge in [-0.05, 0) is 111 Å². The van der Waals surface area contributed by atoms with Crippen LogP contribution in [0.3, 0.4) is 0 Å². The van der Waals surface area contributed by atoms with Gasteiger partial charge in [-0.15, -0.1) is 0 Å². The molecule has 4 fully saturated rings. The van der Waals surface area contributed by atoms with Crippen LogP contribution in [0.15, 0.2) is 18.2 Å². The Kier molecular flexibility index (Phi) is 7.14. The largest absolute Gasteiger partial charge is 0.465 e. The first kappa shape index (κ1) is 24.2. The number of methoxy groups -OCH3 is 1. The minimum Gasteiger partial charge on any atom is -0.465 e. The first-order valence-corrected chi connectivity index (χ1v) is 14.3. The summed E-state index contributed by atoms with van der Waals surface area (Å²) in [6.45, 7) is 4.97. The maximum absolute atomic E-state index is 6.66. The molecule has 0 N–H and O–H groups in total. The summed E-state index contributed by atoms with van der Waals surface area (Å²) in [5.74, 6) is 3.44. The van der Waals surface area contributed by atoms with E-state index < -0.39 is 0 Å². The molecule has 0 amide bonds. The maximum Gasteiger partial charge on any atom is 0.199 e. The van der Waals surface area contributed by atoms with Gasteiger partial charge in [0.1, 0.15) is 5.75 Å². The topological polar surface area (TPSA) is 46.2 Å². The lowest BCUT2D eigenvalue weighted by atomic mass is 9.54. The highest BCUT2D eigenvalue weighted by Gasteiger charge is 2.56. The highest BCUT2D eigenvalue weighted by Crippen LogP contribution is 2.63. The summed E-state index contributed by atoms with van der Waals surface area (Å²) >= 11 is 0. The standard InChI is InChI=1S/C30H44O5/c1-30-14-13-23-22-10-9-21(34-28-7-3-5-15-32-28)18-24(22)20(19-31-2)17-25(23)26(30)11-12-27(30)35-29-8-4-6-16-33-29/h9-10,18,20,23,25-29H,3-8,11-17,19H2,1-2H3/t20-,23?,25?,26?,27?,28?,29?,30+/m1/s1. The molecule has 2 heterocycles. The van der Waals surface area contributed by atoms with E-state index in [-0.39, 0.29) is 18.0 Å². The normalized spacial score (nSPS) is 41.0. The van der Waals surface area contributed by atoms with Gasteiger partial charge in [-0.3, -0.25) is 0 Å². The fourth-order valence-electron chi connectivity index (χ4n) is 8.27. The van der Waals surface area contributed by atoms with E-state index >= 15 is 0 Å². The fraction of sp³-hybridized carbons (Fsp3) is 0.800. The van der Waals surface area contributed by atoms with Crippen molar-refractivity contribution in [2.45, 2.75) is 108 Å². The Hall–Kier alpha value is -1.14. The first-order valence-electron chi connectivity index (χ1n) is 14.3. The molecule has 35 heavy (non-hydrogen) atoms. The van der Waals surface area contributed by atoms with Crippen molar-refractivity contribution in [2.24, 2.45) is 17.3 Å². The van der Waals surface area contributed by atoms with Crippen LogP contribution in [0.4, 0.5) is 0 Å². The Morgan fingerprint density at radius 1 is 0.914 bits per heavy atom. The Balaban J connectivity index is 1.22. The van der Waals surface area contributed by atoms with Crippen molar-refractivity contribution < 1.29 is 23.7 Å². The second-order valence-corrected chi connectivity index (χ2v) is 12.0. The summed E-state index contributed by atoms with van der Waals surface area (Å²) in [6.07, 6.45) is 13.2. The number of ether oxygens (including phenoxy) is 5. The van der Waals surface area contributed by atoms with Gasteiger partial charge in [-0.25, -0.2) is 0 Å². The van der Waals surface area contributed by atoms with Gasteiger partial charge < -0.3 is 23.7 Å². The lowest BCUT2D eigenvalue weighted by molar-refractivity contribution is -0.213. The monoisotopic (exact) mass is 484 g/mol. The van der Waals surface area contributed by atoms with Crippen LogP contribution in [-0.2, 0) is 18.9 Å². The summed E-state index contributed by atoms with van der Waals surface area (Å²) in [7, 11) is 1.84. The second kappa shape index (κ2) is 10.3. The first-order chi connectivity index (χ1) is 17.2. The lowest BCUT2D eigenvalue weighted by Crippen LogP contribution is -2.46. The Morgan fingerprint density at radius 2 is 1.71 bits per heavy atom. The lowest BCUT2D eigenvalue weighted by Gasteiger charge is -2.52. The molecule has 2 saturated carbocycles. The van der Waals surface area contributed by atoms with Gasteiger partial charge in [0, 0.05) is 26.1 Å². The molecule has 1 aromatic carbocycles. The van der Waals surface area contributed by atoms with Crippen molar-refractivity contribution in [1.82, 2.24) is 0 Å². The molecule has 0 spiro atoms. The third-order valence-corrected chi connectivity index (χ3v) is 10.0. The average molecular weight is 485 g/mol. The Bertz CT molecular complexity index is 860. The predicted molar refractivity (Wildman–Crippen MR) is 135 cm³/mol. The van der Waals surface area contributed by atoms with Crippen LogP contribution in [0.25, 0.3) is 0 Å². The maximum atomic E-state index is 6.66. The zero-order valence-electron chi connectivity index (χ0n) is 21.7. The molecule has 6 unspecified atom stereocenters. The zero-order chi connectivity index (χ0) is 23.8. The van der Waals surface area contributed by atoms with E-state index in [1.54, 1.807) is 5.56 Å². The highest BCUT2D eigenvalue weighted by molar-refractivity contribution is 5.43. The van der Waals surface area contributed by atoms with Gasteiger partial charge in [0.2, 0.25) is 0 Å². The average Bonchev–Trinajstić information content (AvgIpc) is 3.22. The van der Waals surface area contributed by atoms with Crippen LogP contribution in [0.1, 0.15) is 101 Å². The summed E-state index contributed by atoms with van der Waals surface area (Å²) < 4.78 is 30.5. The molecule has 5 nitrogen and oxygen atoms in total. The summed E-state index contributed by atoms with van der Waals surface area (Å²) in [6, 6.07) is 6.87. The van der Waals surface area contributed by atoms with Gasteiger partial charge in [-0.2, -0.15) is 0 Å². The van der Waals surface area contributed by atoms with Gasteiger partial charge in [0.15, 0.2) is 12.6 Å². The minimum atomic E-state index is -0.0991. The number of hydrogen-bond donors (Lipinski definition) is 0. The second-order valence-electron chi connectivity index (χ2n) is 12.0. The van der Waals surface area contributed by atoms with Crippen LogP contribution < -0.4 is 4.74 Å². The van der Waals surface area contributed by atoms with Crippen molar-refractivity contribution in [2.75, 3.05) is 26.9 Å². The highest BCUT2D eigenvalue weighted by atomic mass is 16.7. The molecule has 2 saturated heterocycles. The smallest absolute Gasteiger partial charge is 0.199 e. The number of hydrogen-bond acceptors (Lipinski definition) is 5. The van der Waals surface area contributed by atoms with Crippen LogP contribution in [0.5, 0.6) is 5.75 Å². The molecule has 0 aromatic heterocycles. The van der Waals surface area contributed by atoms with Crippen molar-refractivity contribution in [3.63, 3.8) is 0 Å². The van der Waals surface area contributed by atoms with Gasteiger partial charge in [-0.1, -0.05) is 13.0 Å². The Labute approximate surface area is 211 Å². The van der Waals surface area contributed by atoms with E-state index in [1.807, 2.05) is 7.11 Å².